The van der Waals surface area contributed by atoms with E-state index in [-0.39, 0.29) is 30.5 Å². The van der Waals surface area contributed by atoms with Crippen LogP contribution in [0.3, 0.4) is 0 Å². The fourth-order valence-corrected chi connectivity index (χ4v) is 3.66. The molecule has 2 aromatic carbocycles. The molecule has 2 aromatic rings. The highest BCUT2D eigenvalue weighted by Crippen LogP contribution is 2.25. The van der Waals surface area contributed by atoms with Crippen molar-refractivity contribution in [2.75, 3.05) is 26.7 Å². The Morgan fingerprint density at radius 1 is 1.03 bits per heavy atom. The molecule has 3 amide bonds. The SMILES string of the molecule is CCN(CC(C)C(=O)OC)C(=O)c1ccc2c(c1)C(=O)N(CCc1ccccc1)C2=O. The lowest BCUT2D eigenvalue weighted by Crippen LogP contribution is -2.37. The van der Waals surface area contributed by atoms with Crippen molar-refractivity contribution in [3.05, 3.63) is 70.8 Å². The molecule has 7 heteroatoms. The molecule has 162 valence electrons. The fourth-order valence-electron chi connectivity index (χ4n) is 3.66. The quantitative estimate of drug-likeness (QED) is 0.483. The summed E-state index contributed by atoms with van der Waals surface area (Å²) in [5, 5.41) is 0. The first-order chi connectivity index (χ1) is 14.9. The van der Waals surface area contributed by atoms with Crippen LogP contribution in [-0.2, 0) is 16.0 Å². The number of benzene rings is 2. The molecule has 0 radical (unpaired) electrons. The Bertz CT molecular complexity index is 1000. The maximum atomic E-state index is 13.0. The third kappa shape index (κ3) is 4.66. The molecule has 0 aliphatic carbocycles. The van der Waals surface area contributed by atoms with E-state index in [4.69, 9.17) is 4.74 Å². The zero-order chi connectivity index (χ0) is 22.5. The van der Waals surface area contributed by atoms with E-state index in [1.54, 1.807) is 13.0 Å². The van der Waals surface area contributed by atoms with Gasteiger partial charge in [0, 0.05) is 25.2 Å². The van der Waals surface area contributed by atoms with E-state index < -0.39 is 17.8 Å². The van der Waals surface area contributed by atoms with Crippen molar-refractivity contribution in [2.24, 2.45) is 5.92 Å². The molecule has 3 rings (SSSR count). The lowest BCUT2D eigenvalue weighted by atomic mass is 10.0. The van der Waals surface area contributed by atoms with Crippen LogP contribution in [0.5, 0.6) is 0 Å². The molecule has 1 aliphatic heterocycles. The topological polar surface area (TPSA) is 84.0 Å². The molecule has 1 aliphatic rings. The summed E-state index contributed by atoms with van der Waals surface area (Å²) in [4.78, 5) is 53.0. The Balaban J connectivity index is 1.76. The smallest absolute Gasteiger partial charge is 0.310 e. The molecule has 7 nitrogen and oxygen atoms in total. The van der Waals surface area contributed by atoms with Crippen molar-refractivity contribution in [3.8, 4) is 0 Å². The predicted octanol–water partition coefficient (Wildman–Crippen LogP) is 2.80. The molecule has 0 fully saturated rings. The van der Waals surface area contributed by atoms with Gasteiger partial charge in [0.15, 0.2) is 0 Å². The van der Waals surface area contributed by atoms with Crippen LogP contribution in [-0.4, -0.2) is 60.2 Å². The Morgan fingerprint density at radius 3 is 2.35 bits per heavy atom. The van der Waals surface area contributed by atoms with Crippen LogP contribution in [0.25, 0.3) is 0 Å². The van der Waals surface area contributed by atoms with Gasteiger partial charge in [-0.2, -0.15) is 0 Å². The largest absolute Gasteiger partial charge is 0.469 e. The summed E-state index contributed by atoms with van der Waals surface area (Å²) in [6.07, 6.45) is 0.563. The number of carbonyl (C=O) groups excluding carboxylic acids is 4. The summed E-state index contributed by atoms with van der Waals surface area (Å²) in [7, 11) is 1.31. The van der Waals surface area contributed by atoms with Crippen LogP contribution in [0, 0.1) is 5.92 Å². The van der Waals surface area contributed by atoms with E-state index in [1.807, 2.05) is 37.3 Å². The highest BCUT2D eigenvalue weighted by Gasteiger charge is 2.36. The maximum Gasteiger partial charge on any atom is 0.310 e. The van der Waals surface area contributed by atoms with Gasteiger partial charge in [-0.3, -0.25) is 24.1 Å². The summed E-state index contributed by atoms with van der Waals surface area (Å²) in [5.74, 6) is -1.91. The summed E-state index contributed by atoms with van der Waals surface area (Å²) in [6.45, 7) is 4.38. The number of nitrogens with zero attached hydrogens (tertiary/aromatic N) is 2. The van der Waals surface area contributed by atoms with E-state index in [1.165, 1.54) is 29.0 Å². The number of esters is 1. The van der Waals surface area contributed by atoms with Crippen LogP contribution in [0.15, 0.2) is 48.5 Å². The van der Waals surface area contributed by atoms with Gasteiger partial charge < -0.3 is 9.64 Å². The van der Waals surface area contributed by atoms with Crippen LogP contribution in [0.4, 0.5) is 0 Å². The number of hydrogen-bond acceptors (Lipinski definition) is 5. The van der Waals surface area contributed by atoms with Gasteiger partial charge in [0.25, 0.3) is 17.7 Å². The molecule has 0 bridgehead atoms. The van der Waals surface area contributed by atoms with E-state index in [0.717, 1.165) is 5.56 Å². The third-order valence-electron chi connectivity index (χ3n) is 5.45. The van der Waals surface area contributed by atoms with E-state index >= 15 is 0 Å². The maximum absolute atomic E-state index is 13.0. The van der Waals surface area contributed by atoms with Crippen molar-refractivity contribution >= 4 is 23.7 Å². The first-order valence-electron chi connectivity index (χ1n) is 10.3. The lowest BCUT2D eigenvalue weighted by molar-refractivity contribution is -0.145. The van der Waals surface area contributed by atoms with Crippen LogP contribution >= 0.6 is 0 Å². The van der Waals surface area contributed by atoms with Crippen LogP contribution < -0.4 is 0 Å². The van der Waals surface area contributed by atoms with E-state index in [0.29, 0.717) is 24.1 Å². The minimum Gasteiger partial charge on any atom is -0.469 e. The Labute approximate surface area is 181 Å². The first-order valence-corrected chi connectivity index (χ1v) is 10.3. The third-order valence-corrected chi connectivity index (χ3v) is 5.45. The standard InChI is InChI=1S/C24H26N2O5/c1-4-25(15-16(2)24(30)31-3)21(27)18-10-11-19-20(14-18)23(29)26(22(19)28)13-12-17-8-6-5-7-9-17/h5-11,14,16H,4,12-13,15H2,1-3H3. The van der Waals surface area contributed by atoms with E-state index in [9.17, 15) is 19.2 Å². The normalized spacial score (nSPS) is 13.7. The minimum atomic E-state index is -0.472. The van der Waals surface area contributed by atoms with Gasteiger partial charge in [-0.15, -0.1) is 0 Å². The second-order valence-corrected chi connectivity index (χ2v) is 7.53. The van der Waals surface area contributed by atoms with Gasteiger partial charge in [0.1, 0.15) is 0 Å². The number of rotatable bonds is 8. The molecule has 0 aromatic heterocycles. The Hall–Kier alpha value is -3.48. The van der Waals surface area contributed by atoms with Gasteiger partial charge in [-0.05, 0) is 37.1 Å². The average molecular weight is 422 g/mol. The Morgan fingerprint density at radius 2 is 1.71 bits per heavy atom. The monoisotopic (exact) mass is 422 g/mol. The predicted molar refractivity (Wildman–Crippen MR) is 115 cm³/mol. The van der Waals surface area contributed by atoms with Gasteiger partial charge in [0.05, 0.1) is 24.2 Å². The molecule has 31 heavy (non-hydrogen) atoms. The number of carbonyl (C=O) groups is 4. The molecule has 0 N–H and O–H groups in total. The van der Waals surface area contributed by atoms with Crippen molar-refractivity contribution in [1.82, 2.24) is 9.80 Å². The minimum absolute atomic E-state index is 0.204. The summed E-state index contributed by atoms with van der Waals surface area (Å²) in [6, 6.07) is 14.2. The van der Waals surface area contributed by atoms with Crippen molar-refractivity contribution < 1.29 is 23.9 Å². The second kappa shape index (κ2) is 9.55. The zero-order valence-corrected chi connectivity index (χ0v) is 18.0. The number of methoxy groups -OCH3 is 1. The molecule has 0 saturated heterocycles. The fraction of sp³-hybridized carbons (Fsp3) is 0.333. The highest BCUT2D eigenvalue weighted by atomic mass is 16.5. The van der Waals surface area contributed by atoms with Gasteiger partial charge in [-0.1, -0.05) is 37.3 Å². The van der Waals surface area contributed by atoms with Crippen molar-refractivity contribution in [3.63, 3.8) is 0 Å². The lowest BCUT2D eigenvalue weighted by Gasteiger charge is -2.23. The molecular formula is C24H26N2O5. The Kier molecular flexibility index (Phi) is 6.84. The molecular weight excluding hydrogens is 396 g/mol. The van der Waals surface area contributed by atoms with Gasteiger partial charge >= 0.3 is 5.97 Å². The number of fused-ring (bicyclic) bond motifs is 1. The summed E-state index contributed by atoms with van der Waals surface area (Å²) in [5.41, 5.74) is 1.89. The summed E-state index contributed by atoms with van der Waals surface area (Å²) >= 11 is 0. The van der Waals surface area contributed by atoms with E-state index in [2.05, 4.69) is 0 Å². The highest BCUT2D eigenvalue weighted by molar-refractivity contribution is 6.22. The number of amides is 3. The second-order valence-electron chi connectivity index (χ2n) is 7.53. The van der Waals surface area contributed by atoms with Crippen molar-refractivity contribution in [2.45, 2.75) is 20.3 Å². The average Bonchev–Trinajstić information content (AvgIpc) is 3.04. The molecule has 0 spiro atoms. The number of ether oxygens (including phenoxy) is 1. The molecule has 1 heterocycles. The number of hydrogen-bond donors (Lipinski definition) is 0. The van der Waals surface area contributed by atoms with Crippen LogP contribution in [0.1, 0.15) is 50.5 Å². The molecule has 1 unspecified atom stereocenters. The zero-order valence-electron chi connectivity index (χ0n) is 18.0. The molecule has 1 atom stereocenters. The van der Waals surface area contributed by atoms with Crippen molar-refractivity contribution in [1.29, 1.82) is 0 Å². The molecule has 0 saturated carbocycles. The van der Waals surface area contributed by atoms with Gasteiger partial charge in [-0.25, -0.2) is 0 Å². The first kappa shape index (κ1) is 22.2. The van der Waals surface area contributed by atoms with Gasteiger partial charge in [0.2, 0.25) is 0 Å². The number of imide groups is 1. The summed E-state index contributed by atoms with van der Waals surface area (Å²) < 4.78 is 4.73. The van der Waals surface area contributed by atoms with Crippen LogP contribution in [0.2, 0.25) is 0 Å².